The van der Waals surface area contributed by atoms with E-state index in [0.29, 0.717) is 13.0 Å². The molecule has 2 aromatic heterocycles. The summed E-state index contributed by atoms with van der Waals surface area (Å²) in [6.45, 7) is 9.03. The number of hydrogen-bond acceptors (Lipinski definition) is 6. The average Bonchev–Trinajstić information content (AvgIpc) is 3.29. The van der Waals surface area contributed by atoms with Gasteiger partial charge < -0.3 is 14.3 Å². The number of carbonyl (C=O) groups excluding carboxylic acids is 1. The Balaban J connectivity index is 1.46. The van der Waals surface area contributed by atoms with Crippen LogP contribution in [0.2, 0.25) is 0 Å². The van der Waals surface area contributed by atoms with Crippen molar-refractivity contribution in [1.82, 2.24) is 20.0 Å². The summed E-state index contributed by atoms with van der Waals surface area (Å²) in [7, 11) is 0. The molecule has 2 saturated heterocycles. The van der Waals surface area contributed by atoms with Crippen molar-refractivity contribution < 1.29 is 9.32 Å². The van der Waals surface area contributed by atoms with Gasteiger partial charge in [-0.3, -0.25) is 4.79 Å². The Morgan fingerprint density at radius 1 is 1.23 bits per heavy atom. The predicted molar refractivity (Wildman–Crippen MR) is 96.7 cm³/mol. The normalized spacial score (nSPS) is 22.8. The molecule has 1 spiro atoms. The molecule has 7 heteroatoms. The van der Waals surface area contributed by atoms with Gasteiger partial charge in [0.2, 0.25) is 11.9 Å². The van der Waals surface area contributed by atoms with E-state index in [2.05, 4.69) is 26.9 Å². The van der Waals surface area contributed by atoms with Gasteiger partial charge in [-0.15, -0.1) is 0 Å². The van der Waals surface area contributed by atoms with Crippen LogP contribution in [0.1, 0.15) is 42.3 Å². The number of rotatable bonds is 4. The van der Waals surface area contributed by atoms with Crippen LogP contribution in [0.3, 0.4) is 0 Å². The van der Waals surface area contributed by atoms with Crippen LogP contribution in [0, 0.1) is 19.3 Å². The van der Waals surface area contributed by atoms with Gasteiger partial charge in [0.15, 0.2) is 0 Å². The third kappa shape index (κ3) is 2.95. The first kappa shape index (κ1) is 17.0. The highest BCUT2D eigenvalue weighted by atomic mass is 16.5. The van der Waals surface area contributed by atoms with Crippen LogP contribution < -0.4 is 4.90 Å². The molecule has 0 aromatic carbocycles. The Bertz CT molecular complexity index is 796. The molecule has 2 aliphatic heterocycles. The Morgan fingerprint density at radius 2 is 2.00 bits per heavy atom. The standard InChI is InChI=1S/C19H25N5O2/c1-4-15-8-20-18(21-9-15)23-6-5-19(11-23)7-17(25)24(12-19)10-16-13(2)22-26-14(16)3/h8-9H,4-7,10-12H2,1-3H3. The molecule has 0 saturated carbocycles. The molecule has 0 bridgehead atoms. The lowest BCUT2D eigenvalue weighted by Crippen LogP contribution is -2.31. The van der Waals surface area contributed by atoms with E-state index >= 15 is 0 Å². The van der Waals surface area contributed by atoms with Gasteiger partial charge in [-0.2, -0.15) is 0 Å². The fraction of sp³-hybridized carbons (Fsp3) is 0.579. The second kappa shape index (κ2) is 6.37. The molecule has 2 aromatic rings. The molecular weight excluding hydrogens is 330 g/mol. The number of aryl methyl sites for hydroxylation is 3. The van der Waals surface area contributed by atoms with Crippen LogP contribution in [-0.2, 0) is 17.8 Å². The van der Waals surface area contributed by atoms with Gasteiger partial charge in [-0.1, -0.05) is 12.1 Å². The number of hydrogen-bond donors (Lipinski definition) is 0. The summed E-state index contributed by atoms with van der Waals surface area (Å²) >= 11 is 0. The van der Waals surface area contributed by atoms with Crippen LogP contribution in [0.4, 0.5) is 5.95 Å². The third-order valence-electron chi connectivity index (χ3n) is 5.76. The maximum Gasteiger partial charge on any atom is 0.225 e. The molecule has 2 aliphatic rings. The monoisotopic (exact) mass is 355 g/mol. The van der Waals surface area contributed by atoms with Crippen molar-refractivity contribution in [3.8, 4) is 0 Å². The van der Waals surface area contributed by atoms with Crippen LogP contribution in [0.5, 0.6) is 0 Å². The third-order valence-corrected chi connectivity index (χ3v) is 5.76. The SMILES string of the molecule is CCc1cnc(N2CCC3(CC(=O)N(Cc4c(C)noc4C)C3)C2)nc1. The number of amides is 1. The second-order valence-corrected chi connectivity index (χ2v) is 7.65. The van der Waals surface area contributed by atoms with Crippen molar-refractivity contribution in [1.29, 1.82) is 0 Å². The summed E-state index contributed by atoms with van der Waals surface area (Å²) in [5.74, 6) is 1.79. The quantitative estimate of drug-likeness (QED) is 0.837. The van der Waals surface area contributed by atoms with Crippen molar-refractivity contribution in [2.45, 2.75) is 46.6 Å². The first-order valence-electron chi connectivity index (χ1n) is 9.25. The Morgan fingerprint density at radius 3 is 2.65 bits per heavy atom. The van der Waals surface area contributed by atoms with E-state index in [0.717, 1.165) is 61.0 Å². The topological polar surface area (TPSA) is 75.4 Å². The van der Waals surface area contributed by atoms with Crippen molar-refractivity contribution in [2.75, 3.05) is 24.5 Å². The van der Waals surface area contributed by atoms with E-state index in [-0.39, 0.29) is 11.3 Å². The summed E-state index contributed by atoms with van der Waals surface area (Å²) in [5.41, 5.74) is 3.05. The van der Waals surface area contributed by atoms with E-state index in [1.807, 2.05) is 31.1 Å². The minimum Gasteiger partial charge on any atom is -0.361 e. The number of aromatic nitrogens is 3. The Labute approximate surface area is 153 Å². The zero-order valence-electron chi connectivity index (χ0n) is 15.7. The molecule has 0 radical (unpaired) electrons. The molecule has 0 N–H and O–H groups in total. The molecule has 2 fully saturated rings. The Hall–Kier alpha value is -2.44. The fourth-order valence-electron chi connectivity index (χ4n) is 4.12. The first-order valence-corrected chi connectivity index (χ1v) is 9.25. The molecular formula is C19H25N5O2. The van der Waals surface area contributed by atoms with Crippen LogP contribution >= 0.6 is 0 Å². The van der Waals surface area contributed by atoms with Crippen molar-refractivity contribution >= 4 is 11.9 Å². The zero-order valence-corrected chi connectivity index (χ0v) is 15.7. The molecule has 1 atom stereocenters. The fourth-order valence-corrected chi connectivity index (χ4v) is 4.12. The molecule has 4 rings (SSSR count). The highest BCUT2D eigenvalue weighted by Crippen LogP contribution is 2.41. The van der Waals surface area contributed by atoms with E-state index in [9.17, 15) is 4.79 Å². The summed E-state index contributed by atoms with van der Waals surface area (Å²) < 4.78 is 5.24. The minimum atomic E-state index is 0.00282. The molecule has 1 unspecified atom stereocenters. The van der Waals surface area contributed by atoms with Crippen LogP contribution in [-0.4, -0.2) is 45.6 Å². The minimum absolute atomic E-state index is 0.00282. The Kier molecular flexibility index (Phi) is 4.17. The summed E-state index contributed by atoms with van der Waals surface area (Å²) in [6.07, 6.45) is 6.33. The number of carbonyl (C=O) groups is 1. The second-order valence-electron chi connectivity index (χ2n) is 7.65. The van der Waals surface area contributed by atoms with E-state index < -0.39 is 0 Å². The summed E-state index contributed by atoms with van der Waals surface area (Å²) in [5, 5.41) is 4.00. The lowest BCUT2D eigenvalue weighted by Gasteiger charge is -2.24. The van der Waals surface area contributed by atoms with Gasteiger partial charge in [0, 0.05) is 49.4 Å². The number of likely N-dealkylation sites (tertiary alicyclic amines) is 1. The van der Waals surface area contributed by atoms with Crippen LogP contribution in [0.15, 0.2) is 16.9 Å². The highest BCUT2D eigenvalue weighted by molar-refractivity contribution is 5.80. The molecule has 0 aliphatic carbocycles. The van der Waals surface area contributed by atoms with Crippen molar-refractivity contribution in [3.05, 3.63) is 35.0 Å². The molecule has 26 heavy (non-hydrogen) atoms. The van der Waals surface area contributed by atoms with Gasteiger partial charge in [0.1, 0.15) is 5.76 Å². The van der Waals surface area contributed by atoms with Crippen molar-refractivity contribution in [2.24, 2.45) is 5.41 Å². The molecule has 1 amide bonds. The van der Waals surface area contributed by atoms with Gasteiger partial charge in [0.25, 0.3) is 0 Å². The van der Waals surface area contributed by atoms with Gasteiger partial charge >= 0.3 is 0 Å². The lowest BCUT2D eigenvalue weighted by molar-refractivity contribution is -0.128. The predicted octanol–water partition coefficient (Wildman–Crippen LogP) is 2.27. The zero-order chi connectivity index (χ0) is 18.3. The van der Waals surface area contributed by atoms with Crippen LogP contribution in [0.25, 0.3) is 0 Å². The maximum absolute atomic E-state index is 12.6. The first-order chi connectivity index (χ1) is 12.5. The van der Waals surface area contributed by atoms with Gasteiger partial charge in [-0.25, -0.2) is 9.97 Å². The molecule has 7 nitrogen and oxygen atoms in total. The largest absolute Gasteiger partial charge is 0.361 e. The van der Waals surface area contributed by atoms with Gasteiger partial charge in [0.05, 0.1) is 12.2 Å². The van der Waals surface area contributed by atoms with E-state index in [1.54, 1.807) is 0 Å². The summed E-state index contributed by atoms with van der Waals surface area (Å²) in [4.78, 5) is 25.8. The maximum atomic E-state index is 12.6. The lowest BCUT2D eigenvalue weighted by atomic mass is 9.86. The number of anilines is 1. The molecule has 4 heterocycles. The number of nitrogens with zero attached hydrogens (tertiary/aromatic N) is 5. The van der Waals surface area contributed by atoms with E-state index in [4.69, 9.17) is 4.52 Å². The molecule has 138 valence electrons. The van der Waals surface area contributed by atoms with Crippen molar-refractivity contribution in [3.63, 3.8) is 0 Å². The smallest absolute Gasteiger partial charge is 0.225 e. The highest BCUT2D eigenvalue weighted by Gasteiger charge is 2.48. The van der Waals surface area contributed by atoms with E-state index in [1.165, 1.54) is 0 Å². The van der Waals surface area contributed by atoms with Gasteiger partial charge in [-0.05, 0) is 32.3 Å². The summed E-state index contributed by atoms with van der Waals surface area (Å²) in [6, 6.07) is 0. The average molecular weight is 355 g/mol.